The Kier molecular flexibility index (Phi) is 2.84. The van der Waals surface area contributed by atoms with E-state index in [2.05, 4.69) is 4.98 Å². The molecular weight excluding hydrogens is 280 g/mol. The number of imidazole rings is 1. The highest BCUT2D eigenvalue weighted by Crippen LogP contribution is 2.32. The molecule has 0 aliphatic carbocycles. The molecule has 0 amide bonds. The van der Waals surface area contributed by atoms with Crippen LogP contribution in [0.15, 0.2) is 42.5 Å². The van der Waals surface area contributed by atoms with Crippen LogP contribution in [-0.4, -0.2) is 25.6 Å². The average molecular weight is 289 g/mol. The minimum absolute atomic E-state index is 0.0104. The van der Waals surface area contributed by atoms with Crippen LogP contribution >= 0.6 is 11.6 Å². The van der Waals surface area contributed by atoms with Crippen molar-refractivity contribution in [3.8, 4) is 17.1 Å². The van der Waals surface area contributed by atoms with E-state index in [-0.39, 0.29) is 16.6 Å². The van der Waals surface area contributed by atoms with Gasteiger partial charge in [0.2, 0.25) is 0 Å². The fraction of sp³-hybridized carbons (Fsp3) is 0. The van der Waals surface area contributed by atoms with Gasteiger partial charge in [-0.15, -0.1) is 0 Å². The molecule has 3 aromatic rings. The predicted octanol–water partition coefficient (Wildman–Crippen LogP) is 3.06. The Bertz CT molecular complexity index is 826. The first-order valence-electron chi connectivity index (χ1n) is 5.78. The highest BCUT2D eigenvalue weighted by molar-refractivity contribution is 6.33. The SMILES string of the molecule is O=C(O)c1cccc2c(Cl)nc(-c3ccccc3O)n12. The lowest BCUT2D eigenvalue weighted by atomic mass is 10.2. The first kappa shape index (κ1) is 12.5. The van der Waals surface area contributed by atoms with Gasteiger partial charge < -0.3 is 10.2 Å². The van der Waals surface area contributed by atoms with Crippen molar-refractivity contribution >= 4 is 23.1 Å². The third kappa shape index (κ3) is 1.80. The Labute approximate surface area is 118 Å². The number of pyridine rings is 1. The molecule has 5 nitrogen and oxygen atoms in total. The van der Waals surface area contributed by atoms with Crippen LogP contribution in [0.5, 0.6) is 5.75 Å². The van der Waals surface area contributed by atoms with Gasteiger partial charge in [0.25, 0.3) is 0 Å². The fourth-order valence-corrected chi connectivity index (χ4v) is 2.34. The Balaban J connectivity index is 2.43. The van der Waals surface area contributed by atoms with Crippen LogP contribution in [0.25, 0.3) is 16.9 Å². The van der Waals surface area contributed by atoms with Crippen molar-refractivity contribution in [2.75, 3.05) is 0 Å². The van der Waals surface area contributed by atoms with E-state index in [1.54, 1.807) is 30.3 Å². The molecule has 0 aliphatic heterocycles. The number of halogens is 1. The van der Waals surface area contributed by atoms with E-state index in [1.807, 2.05) is 0 Å². The molecule has 0 bridgehead atoms. The summed E-state index contributed by atoms with van der Waals surface area (Å²) >= 11 is 6.05. The normalized spacial score (nSPS) is 10.8. The molecule has 2 aromatic heterocycles. The fourth-order valence-electron chi connectivity index (χ4n) is 2.11. The van der Waals surface area contributed by atoms with Crippen molar-refractivity contribution in [1.82, 2.24) is 9.38 Å². The molecule has 0 fully saturated rings. The Morgan fingerprint density at radius 3 is 2.60 bits per heavy atom. The number of carboxylic acids is 1. The first-order valence-corrected chi connectivity index (χ1v) is 6.16. The van der Waals surface area contributed by atoms with Crippen molar-refractivity contribution < 1.29 is 15.0 Å². The third-order valence-electron chi connectivity index (χ3n) is 2.98. The number of aromatic carboxylic acids is 1. The highest BCUT2D eigenvalue weighted by Gasteiger charge is 2.18. The molecule has 100 valence electrons. The van der Waals surface area contributed by atoms with Crippen LogP contribution in [0.4, 0.5) is 0 Å². The lowest BCUT2D eigenvalue weighted by Crippen LogP contribution is -2.05. The number of aromatic hydroxyl groups is 1. The second-order valence-corrected chi connectivity index (χ2v) is 4.54. The molecule has 1 aromatic carbocycles. The number of hydrogen-bond acceptors (Lipinski definition) is 3. The summed E-state index contributed by atoms with van der Waals surface area (Å²) < 4.78 is 1.42. The van der Waals surface area contributed by atoms with Crippen LogP contribution in [0, 0.1) is 0 Å². The smallest absolute Gasteiger partial charge is 0.352 e. The molecule has 0 saturated carbocycles. The average Bonchev–Trinajstić information content (AvgIpc) is 2.77. The van der Waals surface area contributed by atoms with Crippen LogP contribution in [-0.2, 0) is 0 Å². The Morgan fingerprint density at radius 2 is 1.90 bits per heavy atom. The second kappa shape index (κ2) is 4.54. The maximum absolute atomic E-state index is 11.3. The molecule has 0 unspecified atom stereocenters. The van der Waals surface area contributed by atoms with Crippen molar-refractivity contribution in [3.05, 3.63) is 53.3 Å². The number of phenolic OH excluding ortho intramolecular Hbond substituents is 1. The minimum atomic E-state index is -1.10. The summed E-state index contributed by atoms with van der Waals surface area (Å²) in [5, 5.41) is 19.4. The van der Waals surface area contributed by atoms with Gasteiger partial charge in [0.1, 0.15) is 11.4 Å². The first-order chi connectivity index (χ1) is 9.59. The number of carbonyl (C=O) groups is 1. The zero-order valence-corrected chi connectivity index (χ0v) is 10.9. The van der Waals surface area contributed by atoms with Gasteiger partial charge >= 0.3 is 5.97 Å². The van der Waals surface area contributed by atoms with Crippen molar-refractivity contribution in [1.29, 1.82) is 0 Å². The topological polar surface area (TPSA) is 74.8 Å². The number of para-hydroxylation sites is 1. The monoisotopic (exact) mass is 288 g/mol. The zero-order chi connectivity index (χ0) is 14.3. The summed E-state index contributed by atoms with van der Waals surface area (Å²) in [7, 11) is 0. The van der Waals surface area contributed by atoms with Gasteiger partial charge in [-0.1, -0.05) is 29.8 Å². The number of hydrogen-bond donors (Lipinski definition) is 2. The standard InChI is InChI=1S/C14H9ClN2O3/c15-12-9-5-3-6-10(14(19)20)17(9)13(16-12)8-4-1-2-7-11(8)18/h1-7,18H,(H,19,20). The molecule has 0 aliphatic rings. The molecule has 2 N–H and O–H groups in total. The summed E-state index contributed by atoms with van der Waals surface area (Å²) in [4.78, 5) is 15.5. The Morgan fingerprint density at radius 1 is 1.15 bits per heavy atom. The molecule has 0 spiro atoms. The molecule has 0 saturated heterocycles. The van der Waals surface area contributed by atoms with E-state index >= 15 is 0 Å². The van der Waals surface area contributed by atoms with Crippen molar-refractivity contribution in [2.24, 2.45) is 0 Å². The van der Waals surface area contributed by atoms with Crippen LogP contribution in [0.3, 0.4) is 0 Å². The molecule has 0 atom stereocenters. The quantitative estimate of drug-likeness (QED) is 0.760. The van der Waals surface area contributed by atoms with E-state index in [4.69, 9.17) is 11.6 Å². The minimum Gasteiger partial charge on any atom is -0.507 e. The van der Waals surface area contributed by atoms with Gasteiger partial charge in [-0.3, -0.25) is 4.40 Å². The molecule has 20 heavy (non-hydrogen) atoms. The van der Waals surface area contributed by atoms with Crippen LogP contribution < -0.4 is 0 Å². The van der Waals surface area contributed by atoms with Crippen molar-refractivity contribution in [2.45, 2.75) is 0 Å². The van der Waals surface area contributed by atoms with Gasteiger partial charge in [-0.25, -0.2) is 9.78 Å². The number of aromatic nitrogens is 2. The number of nitrogens with zero attached hydrogens (tertiary/aromatic N) is 2. The van der Waals surface area contributed by atoms with Gasteiger partial charge in [0.05, 0.1) is 11.1 Å². The lowest BCUT2D eigenvalue weighted by molar-refractivity contribution is 0.0689. The third-order valence-corrected chi connectivity index (χ3v) is 3.26. The molecule has 2 heterocycles. The summed E-state index contributed by atoms with van der Waals surface area (Å²) in [6.45, 7) is 0. The summed E-state index contributed by atoms with van der Waals surface area (Å²) in [5.74, 6) is -0.793. The van der Waals surface area contributed by atoms with Gasteiger partial charge in [-0.05, 0) is 24.3 Å². The molecule has 6 heteroatoms. The van der Waals surface area contributed by atoms with Gasteiger partial charge in [0, 0.05) is 0 Å². The number of phenols is 1. The summed E-state index contributed by atoms with van der Waals surface area (Å²) in [6.07, 6.45) is 0. The summed E-state index contributed by atoms with van der Waals surface area (Å²) in [5.41, 5.74) is 0.924. The Hall–Kier alpha value is -2.53. The van der Waals surface area contributed by atoms with E-state index in [1.165, 1.54) is 16.5 Å². The van der Waals surface area contributed by atoms with E-state index < -0.39 is 5.97 Å². The number of carboxylic acid groups (broad SMARTS) is 1. The van der Waals surface area contributed by atoms with Crippen molar-refractivity contribution in [3.63, 3.8) is 0 Å². The lowest BCUT2D eigenvalue weighted by Gasteiger charge is -2.06. The molecular formula is C14H9ClN2O3. The van der Waals surface area contributed by atoms with Gasteiger partial charge in [-0.2, -0.15) is 0 Å². The number of benzene rings is 1. The maximum atomic E-state index is 11.3. The van der Waals surface area contributed by atoms with Gasteiger partial charge in [0.15, 0.2) is 11.0 Å². The second-order valence-electron chi connectivity index (χ2n) is 4.18. The largest absolute Gasteiger partial charge is 0.507 e. The van der Waals surface area contributed by atoms with Crippen LogP contribution in [0.2, 0.25) is 5.15 Å². The summed E-state index contributed by atoms with van der Waals surface area (Å²) in [6, 6.07) is 11.3. The maximum Gasteiger partial charge on any atom is 0.352 e. The van der Waals surface area contributed by atoms with E-state index in [0.717, 1.165) is 0 Å². The van der Waals surface area contributed by atoms with E-state index in [0.29, 0.717) is 16.9 Å². The number of rotatable bonds is 2. The molecule has 3 rings (SSSR count). The number of fused-ring (bicyclic) bond motifs is 1. The molecule has 0 radical (unpaired) electrons. The predicted molar refractivity (Wildman–Crippen MR) is 74.3 cm³/mol. The van der Waals surface area contributed by atoms with E-state index in [9.17, 15) is 15.0 Å². The zero-order valence-electron chi connectivity index (χ0n) is 10.1. The van der Waals surface area contributed by atoms with Crippen LogP contribution in [0.1, 0.15) is 10.5 Å². The highest BCUT2D eigenvalue weighted by atomic mass is 35.5.